The summed E-state index contributed by atoms with van der Waals surface area (Å²) < 4.78 is 9.80. The van der Waals surface area contributed by atoms with E-state index in [1.165, 1.54) is 0 Å². The largest absolute Gasteiger partial charge is 0.379 e. The Kier molecular flexibility index (Phi) is 6.91. The molecule has 0 aliphatic rings. The Morgan fingerprint density at radius 1 is 1.10 bits per heavy atom. The molecule has 10 heavy (non-hydrogen) atoms. The van der Waals surface area contributed by atoms with Gasteiger partial charge in [0.25, 0.3) is 0 Å². The lowest BCUT2D eigenvalue weighted by Crippen LogP contribution is -2.20. The molecule has 0 unspecified atom stereocenters. The average Bonchev–Trinajstić information content (AvgIpc) is 1.97. The van der Waals surface area contributed by atoms with Crippen LogP contribution in [0, 0.1) is 0 Å². The molecule has 3 heteroatoms. The van der Waals surface area contributed by atoms with Crippen LogP contribution >= 0.6 is 0 Å². The zero-order valence-electron chi connectivity index (χ0n) is 6.63. The molecular weight excluding hydrogens is 132 g/mol. The molecule has 0 amide bonds. The molecule has 3 nitrogen and oxygen atoms in total. The maximum atomic E-state index is 10.8. The normalized spacial score (nSPS) is 10.8. The van der Waals surface area contributed by atoms with Crippen LogP contribution in [0.4, 0.5) is 0 Å². The van der Waals surface area contributed by atoms with Gasteiger partial charge in [0.05, 0.1) is 13.2 Å². The van der Waals surface area contributed by atoms with E-state index in [1.807, 2.05) is 13.8 Å². The fourth-order valence-electron chi connectivity index (χ4n) is 0.547. The highest BCUT2D eigenvalue weighted by molar-refractivity contribution is 4.49. The molecule has 0 spiro atoms. The van der Waals surface area contributed by atoms with E-state index in [-0.39, 0.29) is 13.2 Å². The third-order valence-electron chi connectivity index (χ3n) is 1.02. The van der Waals surface area contributed by atoms with Crippen molar-refractivity contribution >= 4 is 0 Å². The Morgan fingerprint density at radius 3 is 1.80 bits per heavy atom. The van der Waals surface area contributed by atoms with E-state index < -0.39 is 6.10 Å². The average molecular weight is 147 g/mol. The topological polar surface area (TPSA) is 38.4 Å². The van der Waals surface area contributed by atoms with Crippen LogP contribution < -0.4 is 0 Å². The van der Waals surface area contributed by atoms with Crippen molar-refractivity contribution in [2.24, 2.45) is 0 Å². The molecule has 0 aliphatic heterocycles. The van der Waals surface area contributed by atoms with Crippen molar-refractivity contribution in [3.05, 3.63) is 0 Å². The van der Waals surface area contributed by atoms with Gasteiger partial charge in [0.1, 0.15) is 6.10 Å². The van der Waals surface area contributed by atoms with Crippen molar-refractivity contribution in [2.45, 2.75) is 20.0 Å². The molecule has 0 aromatic heterocycles. The second kappa shape index (κ2) is 6.99. The van der Waals surface area contributed by atoms with Crippen LogP contribution in [0.2, 0.25) is 0 Å². The van der Waals surface area contributed by atoms with E-state index in [2.05, 4.69) is 0 Å². The van der Waals surface area contributed by atoms with E-state index in [0.717, 1.165) is 0 Å². The van der Waals surface area contributed by atoms with Gasteiger partial charge in [-0.15, -0.1) is 0 Å². The number of hydrogen-bond donors (Lipinski definition) is 0. The minimum Gasteiger partial charge on any atom is -0.379 e. The Balaban J connectivity index is 3.00. The summed E-state index contributed by atoms with van der Waals surface area (Å²) in [6.45, 7) is 5.46. The zero-order valence-corrected chi connectivity index (χ0v) is 6.63. The standard InChI is InChI=1S/C7H15O3/c1-3-9-5-7(8)6-10-4-2/h7H,3-6H2,1-2H3. The molecule has 0 saturated heterocycles. The zero-order chi connectivity index (χ0) is 7.82. The smallest absolute Gasteiger partial charge is 0.139 e. The van der Waals surface area contributed by atoms with Crippen LogP contribution in [-0.4, -0.2) is 32.5 Å². The van der Waals surface area contributed by atoms with Crippen molar-refractivity contribution in [1.29, 1.82) is 0 Å². The van der Waals surface area contributed by atoms with Crippen LogP contribution in [0.15, 0.2) is 0 Å². The second-order valence-electron chi connectivity index (χ2n) is 1.94. The molecule has 0 bridgehead atoms. The summed E-state index contributed by atoms with van der Waals surface area (Å²) in [5.41, 5.74) is 0. The van der Waals surface area contributed by atoms with Crippen LogP contribution in [0.3, 0.4) is 0 Å². The van der Waals surface area contributed by atoms with Gasteiger partial charge in [0.15, 0.2) is 0 Å². The predicted octanol–water partition coefficient (Wildman–Crippen LogP) is 0.858. The van der Waals surface area contributed by atoms with Crippen molar-refractivity contribution < 1.29 is 14.6 Å². The second-order valence-corrected chi connectivity index (χ2v) is 1.94. The van der Waals surface area contributed by atoms with Gasteiger partial charge < -0.3 is 9.47 Å². The molecule has 0 aromatic carbocycles. The quantitative estimate of drug-likeness (QED) is 0.559. The predicted molar refractivity (Wildman–Crippen MR) is 37.5 cm³/mol. The first-order valence-corrected chi connectivity index (χ1v) is 3.62. The molecule has 0 saturated carbocycles. The molecule has 0 fully saturated rings. The molecular formula is C7H15O3. The summed E-state index contributed by atoms with van der Waals surface area (Å²) in [6.07, 6.45) is -0.722. The first-order valence-electron chi connectivity index (χ1n) is 3.62. The van der Waals surface area contributed by atoms with Crippen molar-refractivity contribution in [2.75, 3.05) is 26.4 Å². The van der Waals surface area contributed by atoms with E-state index in [4.69, 9.17) is 9.47 Å². The van der Waals surface area contributed by atoms with Crippen LogP contribution in [-0.2, 0) is 14.6 Å². The van der Waals surface area contributed by atoms with E-state index in [0.29, 0.717) is 13.2 Å². The lowest BCUT2D eigenvalue weighted by molar-refractivity contribution is -0.0478. The van der Waals surface area contributed by atoms with E-state index in [9.17, 15) is 5.11 Å². The van der Waals surface area contributed by atoms with Crippen molar-refractivity contribution in [3.8, 4) is 0 Å². The summed E-state index contributed by atoms with van der Waals surface area (Å²) in [5, 5.41) is 10.8. The minimum atomic E-state index is -0.722. The van der Waals surface area contributed by atoms with Gasteiger partial charge in [-0.3, -0.25) is 0 Å². The van der Waals surface area contributed by atoms with E-state index in [1.54, 1.807) is 0 Å². The summed E-state index contributed by atoms with van der Waals surface area (Å²) >= 11 is 0. The molecule has 0 N–H and O–H groups in total. The number of rotatable bonds is 6. The van der Waals surface area contributed by atoms with Gasteiger partial charge in [-0.25, -0.2) is 5.11 Å². The third-order valence-corrected chi connectivity index (χ3v) is 1.02. The fraction of sp³-hybridized carbons (Fsp3) is 1.00. The lowest BCUT2D eigenvalue weighted by atomic mass is 10.4. The van der Waals surface area contributed by atoms with Gasteiger partial charge in [-0.1, -0.05) is 0 Å². The summed E-state index contributed by atoms with van der Waals surface area (Å²) in [6, 6.07) is 0. The molecule has 0 aliphatic carbocycles. The molecule has 61 valence electrons. The number of ether oxygens (including phenoxy) is 2. The molecule has 0 rings (SSSR count). The third kappa shape index (κ3) is 6.01. The maximum Gasteiger partial charge on any atom is 0.139 e. The van der Waals surface area contributed by atoms with E-state index >= 15 is 0 Å². The highest BCUT2D eigenvalue weighted by Gasteiger charge is 2.04. The number of hydrogen-bond acceptors (Lipinski definition) is 2. The Morgan fingerprint density at radius 2 is 1.50 bits per heavy atom. The molecule has 0 atom stereocenters. The van der Waals surface area contributed by atoms with Gasteiger partial charge in [0, 0.05) is 13.2 Å². The molecule has 1 radical (unpaired) electrons. The Labute approximate surface area is 62.0 Å². The highest BCUT2D eigenvalue weighted by atomic mass is 16.5. The van der Waals surface area contributed by atoms with Crippen LogP contribution in [0.25, 0.3) is 0 Å². The van der Waals surface area contributed by atoms with Gasteiger partial charge in [-0.05, 0) is 13.8 Å². The summed E-state index contributed by atoms with van der Waals surface area (Å²) in [7, 11) is 0. The highest BCUT2D eigenvalue weighted by Crippen LogP contribution is 1.87. The summed E-state index contributed by atoms with van der Waals surface area (Å²) in [4.78, 5) is 0. The first-order chi connectivity index (χ1) is 4.81. The lowest BCUT2D eigenvalue weighted by Gasteiger charge is -2.06. The summed E-state index contributed by atoms with van der Waals surface area (Å²) in [5.74, 6) is 0. The molecule has 0 heterocycles. The minimum absolute atomic E-state index is 0.260. The Bertz CT molecular complexity index is 57.9. The molecule has 0 aromatic rings. The Hall–Kier alpha value is -0.120. The van der Waals surface area contributed by atoms with Gasteiger partial charge in [0.2, 0.25) is 0 Å². The SMILES string of the molecule is CCOCC([O])COCC. The van der Waals surface area contributed by atoms with Crippen LogP contribution in [0.1, 0.15) is 13.8 Å². The van der Waals surface area contributed by atoms with Crippen LogP contribution in [0.5, 0.6) is 0 Å². The van der Waals surface area contributed by atoms with Crippen molar-refractivity contribution in [1.82, 2.24) is 0 Å². The van der Waals surface area contributed by atoms with Crippen molar-refractivity contribution in [3.63, 3.8) is 0 Å². The van der Waals surface area contributed by atoms with Gasteiger partial charge in [-0.2, -0.15) is 0 Å². The first kappa shape index (κ1) is 9.88. The fourth-order valence-corrected chi connectivity index (χ4v) is 0.547. The maximum absolute atomic E-state index is 10.8. The van der Waals surface area contributed by atoms with Gasteiger partial charge >= 0.3 is 0 Å². The monoisotopic (exact) mass is 147 g/mol.